The molecule has 1 heterocycles. The van der Waals surface area contributed by atoms with Gasteiger partial charge in [-0.2, -0.15) is 0 Å². The summed E-state index contributed by atoms with van der Waals surface area (Å²) in [5.74, 6) is -2.02. The van der Waals surface area contributed by atoms with Crippen molar-refractivity contribution in [3.05, 3.63) is 94.8 Å². The van der Waals surface area contributed by atoms with Crippen LogP contribution < -0.4 is 10.6 Å². The molecule has 4 rings (SSSR count). The second kappa shape index (κ2) is 8.45. The van der Waals surface area contributed by atoms with Gasteiger partial charge in [0.25, 0.3) is 0 Å². The molecule has 4 aromatic rings. The molecule has 0 radical (unpaired) electrons. The number of benzene rings is 3. The van der Waals surface area contributed by atoms with Crippen LogP contribution in [0.5, 0.6) is 0 Å². The summed E-state index contributed by atoms with van der Waals surface area (Å²) in [5.41, 5.74) is 1.52. The van der Waals surface area contributed by atoms with Gasteiger partial charge in [-0.25, -0.2) is 13.6 Å². The molecule has 0 unspecified atom stereocenters. The minimum Gasteiger partial charge on any atom is -0.308 e. The van der Waals surface area contributed by atoms with Crippen molar-refractivity contribution in [2.24, 2.45) is 0 Å². The van der Waals surface area contributed by atoms with Crippen LogP contribution in [0.25, 0.3) is 11.0 Å². The van der Waals surface area contributed by atoms with E-state index in [-0.39, 0.29) is 27.5 Å². The molecule has 0 bridgehead atoms. The molecule has 2 N–H and O–H groups in total. The summed E-state index contributed by atoms with van der Waals surface area (Å²) in [6.07, 6.45) is 3.04. The van der Waals surface area contributed by atoms with Crippen molar-refractivity contribution < 1.29 is 18.4 Å². The number of aromatic nitrogens is 2. The molecule has 2 amide bonds. The summed E-state index contributed by atoms with van der Waals surface area (Å²) in [6.45, 7) is 0. The van der Waals surface area contributed by atoms with E-state index in [9.17, 15) is 18.4 Å². The van der Waals surface area contributed by atoms with E-state index >= 15 is 0 Å². The number of hydrogen-bond acceptors (Lipinski definition) is 4. The number of nitrogens with one attached hydrogen (secondary N) is 2. The average Bonchev–Trinajstić information content (AvgIpc) is 2.75. The number of nitrogens with zero attached hydrogens (tertiary/aromatic N) is 2. The molecule has 0 aliphatic heterocycles. The summed E-state index contributed by atoms with van der Waals surface area (Å²) in [5, 5.41) is 4.75. The fourth-order valence-electron chi connectivity index (χ4n) is 2.90. The maximum atomic E-state index is 14.6. The van der Waals surface area contributed by atoms with E-state index in [1.54, 1.807) is 12.1 Å². The van der Waals surface area contributed by atoms with E-state index in [2.05, 4.69) is 20.6 Å². The number of ketones is 1. The van der Waals surface area contributed by atoms with E-state index in [0.717, 1.165) is 12.1 Å². The fourth-order valence-corrected chi connectivity index (χ4v) is 3.02. The standard InChI is InChI=1S/C22H13ClF2N4O2/c23-16-5-3-14(11-18(16)25)29-22(31)28-13-2-4-15(17(24)10-13)21(30)12-1-6-19-20(9-12)27-8-7-26-19/h1-11H,(H2,28,29,31). The minimum absolute atomic E-state index is 0.0771. The third-order valence-corrected chi connectivity index (χ3v) is 4.69. The number of hydrogen-bond donors (Lipinski definition) is 2. The first-order valence-electron chi connectivity index (χ1n) is 8.99. The molecule has 154 valence electrons. The Morgan fingerprint density at radius 2 is 1.42 bits per heavy atom. The number of amides is 2. The molecule has 0 aliphatic rings. The van der Waals surface area contributed by atoms with Crippen molar-refractivity contribution in [1.29, 1.82) is 0 Å². The van der Waals surface area contributed by atoms with Crippen molar-refractivity contribution in [2.75, 3.05) is 10.6 Å². The van der Waals surface area contributed by atoms with E-state index in [0.29, 0.717) is 11.0 Å². The SMILES string of the molecule is O=C(Nc1ccc(Cl)c(F)c1)Nc1ccc(C(=O)c2ccc3nccnc3c2)c(F)c1. The van der Waals surface area contributed by atoms with Crippen LogP contribution in [0.1, 0.15) is 15.9 Å². The Bertz CT molecular complexity index is 1330. The zero-order valence-electron chi connectivity index (χ0n) is 15.7. The number of carbonyl (C=O) groups excluding carboxylic acids is 2. The van der Waals surface area contributed by atoms with Gasteiger partial charge in [0, 0.05) is 29.3 Å². The van der Waals surface area contributed by atoms with Gasteiger partial charge in [-0.05, 0) is 54.6 Å². The van der Waals surface area contributed by atoms with Crippen molar-refractivity contribution in [3.63, 3.8) is 0 Å². The number of anilines is 2. The molecule has 3 aromatic carbocycles. The lowest BCUT2D eigenvalue weighted by atomic mass is 10.0. The third-order valence-electron chi connectivity index (χ3n) is 4.38. The Balaban J connectivity index is 1.49. The van der Waals surface area contributed by atoms with Crippen LogP contribution in [0, 0.1) is 11.6 Å². The predicted molar refractivity (Wildman–Crippen MR) is 113 cm³/mol. The molecular formula is C22H13ClF2N4O2. The Morgan fingerprint density at radius 1 is 0.774 bits per heavy atom. The van der Waals surface area contributed by atoms with Gasteiger partial charge in [-0.3, -0.25) is 14.8 Å². The molecular weight excluding hydrogens is 426 g/mol. The summed E-state index contributed by atoms with van der Waals surface area (Å²) < 4.78 is 28.1. The van der Waals surface area contributed by atoms with Gasteiger partial charge < -0.3 is 10.6 Å². The molecule has 0 atom stereocenters. The molecule has 0 spiro atoms. The van der Waals surface area contributed by atoms with Gasteiger partial charge >= 0.3 is 6.03 Å². The molecule has 6 nitrogen and oxygen atoms in total. The Morgan fingerprint density at radius 3 is 2.10 bits per heavy atom. The number of halogens is 3. The van der Waals surface area contributed by atoms with Crippen LogP contribution in [0.15, 0.2) is 67.0 Å². The second-order valence-electron chi connectivity index (χ2n) is 6.49. The maximum absolute atomic E-state index is 14.6. The van der Waals surface area contributed by atoms with Crippen molar-refractivity contribution >= 4 is 45.8 Å². The van der Waals surface area contributed by atoms with Gasteiger partial charge in [0.05, 0.1) is 21.6 Å². The molecule has 0 saturated heterocycles. The zero-order valence-corrected chi connectivity index (χ0v) is 16.5. The van der Waals surface area contributed by atoms with E-state index in [1.165, 1.54) is 42.7 Å². The van der Waals surface area contributed by atoms with Gasteiger partial charge in [0.2, 0.25) is 0 Å². The lowest BCUT2D eigenvalue weighted by molar-refractivity contribution is 0.103. The maximum Gasteiger partial charge on any atom is 0.323 e. The van der Waals surface area contributed by atoms with E-state index < -0.39 is 23.4 Å². The highest BCUT2D eigenvalue weighted by molar-refractivity contribution is 6.30. The monoisotopic (exact) mass is 438 g/mol. The molecule has 0 saturated carbocycles. The smallest absolute Gasteiger partial charge is 0.308 e. The number of fused-ring (bicyclic) bond motifs is 1. The van der Waals surface area contributed by atoms with Crippen LogP contribution in [-0.4, -0.2) is 21.8 Å². The molecule has 31 heavy (non-hydrogen) atoms. The summed E-state index contributed by atoms with van der Waals surface area (Å²) in [4.78, 5) is 33.1. The first-order chi connectivity index (χ1) is 14.9. The van der Waals surface area contributed by atoms with Crippen molar-refractivity contribution in [3.8, 4) is 0 Å². The van der Waals surface area contributed by atoms with Gasteiger partial charge in [-0.1, -0.05) is 11.6 Å². The highest BCUT2D eigenvalue weighted by atomic mass is 35.5. The largest absolute Gasteiger partial charge is 0.323 e. The van der Waals surface area contributed by atoms with Crippen LogP contribution >= 0.6 is 11.6 Å². The Labute approximate surface area is 179 Å². The lowest BCUT2D eigenvalue weighted by Crippen LogP contribution is -2.19. The first kappa shape index (κ1) is 20.4. The van der Waals surface area contributed by atoms with Crippen LogP contribution in [0.3, 0.4) is 0 Å². The Kier molecular flexibility index (Phi) is 5.55. The van der Waals surface area contributed by atoms with Gasteiger partial charge in [0.1, 0.15) is 11.6 Å². The first-order valence-corrected chi connectivity index (χ1v) is 9.36. The topological polar surface area (TPSA) is 84.0 Å². The summed E-state index contributed by atoms with van der Waals surface area (Å²) >= 11 is 5.60. The number of rotatable bonds is 4. The van der Waals surface area contributed by atoms with Gasteiger partial charge in [0.15, 0.2) is 5.78 Å². The van der Waals surface area contributed by atoms with E-state index in [4.69, 9.17) is 11.6 Å². The highest BCUT2D eigenvalue weighted by Crippen LogP contribution is 2.21. The number of carbonyl (C=O) groups is 2. The molecule has 1 aromatic heterocycles. The van der Waals surface area contributed by atoms with Crippen LogP contribution in [0.2, 0.25) is 5.02 Å². The lowest BCUT2D eigenvalue weighted by Gasteiger charge is -2.10. The minimum atomic E-state index is -0.806. The summed E-state index contributed by atoms with van der Waals surface area (Å²) in [7, 11) is 0. The molecule has 0 aliphatic carbocycles. The van der Waals surface area contributed by atoms with Crippen LogP contribution in [0.4, 0.5) is 25.0 Å². The van der Waals surface area contributed by atoms with Crippen molar-refractivity contribution in [2.45, 2.75) is 0 Å². The summed E-state index contributed by atoms with van der Waals surface area (Å²) in [6, 6.07) is 11.5. The number of urea groups is 1. The fraction of sp³-hybridized carbons (Fsp3) is 0. The van der Waals surface area contributed by atoms with Crippen molar-refractivity contribution in [1.82, 2.24) is 9.97 Å². The second-order valence-corrected chi connectivity index (χ2v) is 6.90. The highest BCUT2D eigenvalue weighted by Gasteiger charge is 2.16. The van der Waals surface area contributed by atoms with E-state index in [1.807, 2.05) is 0 Å². The quantitative estimate of drug-likeness (QED) is 0.416. The van der Waals surface area contributed by atoms with Crippen LogP contribution in [-0.2, 0) is 0 Å². The molecule has 9 heteroatoms. The molecule has 0 fully saturated rings. The zero-order chi connectivity index (χ0) is 22.0. The average molecular weight is 439 g/mol. The normalized spacial score (nSPS) is 10.7. The Hall–Kier alpha value is -3.91. The van der Waals surface area contributed by atoms with Gasteiger partial charge in [-0.15, -0.1) is 0 Å². The third kappa shape index (κ3) is 4.49. The predicted octanol–water partition coefficient (Wildman–Crippen LogP) is 5.44.